The van der Waals surface area contributed by atoms with Gasteiger partial charge < -0.3 is 14.2 Å². The molecular weight excluding hydrogens is 366 g/mol. The Morgan fingerprint density at radius 2 is 1.71 bits per heavy atom. The van der Waals surface area contributed by atoms with Gasteiger partial charge in [0.1, 0.15) is 5.57 Å². The molecule has 0 atom stereocenters. The van der Waals surface area contributed by atoms with Gasteiger partial charge in [-0.05, 0) is 35.9 Å². The van der Waals surface area contributed by atoms with Crippen LogP contribution in [-0.2, 0) is 9.59 Å². The summed E-state index contributed by atoms with van der Waals surface area (Å²) in [6, 6.07) is 5.44. The van der Waals surface area contributed by atoms with Crippen molar-refractivity contribution in [3.8, 4) is 17.2 Å². The lowest BCUT2D eigenvalue weighted by molar-refractivity contribution is -0.122. The molecule has 9 heteroatoms. The predicted octanol–water partition coefficient (Wildman–Crippen LogP) is 1.77. The second-order valence-corrected chi connectivity index (χ2v) is 5.63. The van der Waals surface area contributed by atoms with Gasteiger partial charge >= 0.3 is 6.03 Å². The van der Waals surface area contributed by atoms with Gasteiger partial charge in [0.25, 0.3) is 11.8 Å². The van der Waals surface area contributed by atoms with Crippen molar-refractivity contribution < 1.29 is 28.6 Å². The Morgan fingerprint density at radius 1 is 1.04 bits per heavy atom. The molecule has 1 aromatic heterocycles. The van der Waals surface area contributed by atoms with Crippen LogP contribution in [0.15, 0.2) is 42.2 Å². The molecular formula is C19H17N3O6. The maximum absolute atomic E-state index is 12.8. The second-order valence-electron chi connectivity index (χ2n) is 5.63. The summed E-state index contributed by atoms with van der Waals surface area (Å²) in [7, 11) is 4.37. The van der Waals surface area contributed by atoms with Crippen LogP contribution in [0.1, 0.15) is 5.56 Å². The molecule has 0 saturated carbocycles. The highest BCUT2D eigenvalue weighted by molar-refractivity contribution is 6.39. The molecule has 1 aliphatic rings. The van der Waals surface area contributed by atoms with Gasteiger partial charge in [-0.25, -0.2) is 9.69 Å². The minimum Gasteiger partial charge on any atom is -0.493 e. The number of hydrogen-bond donors (Lipinski definition) is 1. The minimum absolute atomic E-state index is 0.224. The lowest BCUT2D eigenvalue weighted by atomic mass is 10.1. The lowest BCUT2D eigenvalue weighted by Crippen LogP contribution is -2.54. The van der Waals surface area contributed by atoms with Crippen LogP contribution in [0, 0.1) is 0 Å². The molecule has 3 rings (SSSR count). The highest BCUT2D eigenvalue weighted by Crippen LogP contribution is 2.39. The van der Waals surface area contributed by atoms with Crippen LogP contribution in [0.3, 0.4) is 0 Å². The first kappa shape index (κ1) is 18.9. The SMILES string of the molecule is COc1cc(/C=C2\C(=O)NC(=O)N(c3cccnc3)C2=O)cc(OC)c1OC. The Bertz CT molecular complexity index is 946. The van der Waals surface area contributed by atoms with Crippen molar-refractivity contribution in [2.24, 2.45) is 0 Å². The minimum atomic E-state index is -0.843. The quantitative estimate of drug-likeness (QED) is 0.619. The molecule has 0 spiro atoms. The Labute approximate surface area is 160 Å². The fraction of sp³-hybridized carbons (Fsp3) is 0.158. The smallest absolute Gasteiger partial charge is 0.336 e. The maximum Gasteiger partial charge on any atom is 0.336 e. The van der Waals surface area contributed by atoms with Crippen molar-refractivity contribution in [2.75, 3.05) is 26.2 Å². The van der Waals surface area contributed by atoms with Crippen LogP contribution in [0.2, 0.25) is 0 Å². The number of nitrogens with zero attached hydrogens (tertiary/aromatic N) is 2. The Balaban J connectivity index is 2.06. The van der Waals surface area contributed by atoms with Crippen LogP contribution in [-0.4, -0.2) is 44.2 Å². The average Bonchev–Trinajstić information content (AvgIpc) is 2.70. The van der Waals surface area contributed by atoms with Crippen molar-refractivity contribution in [3.63, 3.8) is 0 Å². The van der Waals surface area contributed by atoms with Crippen molar-refractivity contribution in [3.05, 3.63) is 47.8 Å². The first-order valence-electron chi connectivity index (χ1n) is 8.11. The van der Waals surface area contributed by atoms with Gasteiger partial charge in [0.05, 0.1) is 33.2 Å². The van der Waals surface area contributed by atoms with Crippen LogP contribution in [0.25, 0.3) is 6.08 Å². The van der Waals surface area contributed by atoms with E-state index < -0.39 is 17.8 Å². The Kier molecular flexibility index (Phi) is 5.25. The number of barbiturate groups is 1. The molecule has 2 aromatic rings. The normalized spacial score (nSPS) is 15.5. The number of pyridine rings is 1. The molecule has 1 aliphatic heterocycles. The average molecular weight is 383 g/mol. The third kappa shape index (κ3) is 3.37. The number of urea groups is 1. The highest BCUT2D eigenvalue weighted by atomic mass is 16.5. The van der Waals surface area contributed by atoms with E-state index in [2.05, 4.69) is 10.3 Å². The molecule has 1 saturated heterocycles. The van der Waals surface area contributed by atoms with Crippen LogP contribution < -0.4 is 24.4 Å². The summed E-state index contributed by atoms with van der Waals surface area (Å²) in [5.74, 6) is -0.478. The van der Waals surface area contributed by atoms with Crippen LogP contribution >= 0.6 is 0 Å². The number of hydrogen-bond acceptors (Lipinski definition) is 7. The summed E-state index contributed by atoms with van der Waals surface area (Å²) in [5, 5.41) is 2.15. The number of aromatic nitrogens is 1. The summed E-state index contributed by atoms with van der Waals surface area (Å²) >= 11 is 0. The first-order chi connectivity index (χ1) is 13.5. The first-order valence-corrected chi connectivity index (χ1v) is 8.11. The number of imide groups is 2. The van der Waals surface area contributed by atoms with E-state index in [1.165, 1.54) is 45.9 Å². The second kappa shape index (κ2) is 7.78. The number of anilines is 1. The van der Waals surface area contributed by atoms with Crippen molar-refractivity contribution >= 4 is 29.6 Å². The van der Waals surface area contributed by atoms with E-state index in [-0.39, 0.29) is 11.3 Å². The molecule has 1 aromatic carbocycles. The molecule has 4 amide bonds. The fourth-order valence-corrected chi connectivity index (χ4v) is 2.73. The Hall–Kier alpha value is -3.88. The number of amides is 4. The summed E-state index contributed by atoms with van der Waals surface area (Å²) in [4.78, 5) is 42.0. The maximum atomic E-state index is 12.8. The van der Waals surface area contributed by atoms with E-state index in [0.29, 0.717) is 22.8 Å². The molecule has 1 N–H and O–H groups in total. The van der Waals surface area contributed by atoms with Gasteiger partial charge in [0, 0.05) is 6.20 Å². The van der Waals surface area contributed by atoms with Crippen LogP contribution in [0.4, 0.5) is 10.5 Å². The van der Waals surface area contributed by atoms with E-state index in [0.717, 1.165) is 4.90 Å². The van der Waals surface area contributed by atoms with Crippen molar-refractivity contribution in [1.82, 2.24) is 10.3 Å². The standard InChI is InChI=1S/C19H17N3O6/c1-26-14-8-11(9-15(27-2)16(14)28-3)7-13-17(23)21-19(25)22(18(13)24)12-5-4-6-20-10-12/h4-10H,1-3H3,(H,21,23,25)/b13-7+. The predicted molar refractivity (Wildman–Crippen MR) is 99.3 cm³/mol. The van der Waals surface area contributed by atoms with E-state index in [1.54, 1.807) is 18.2 Å². The lowest BCUT2D eigenvalue weighted by Gasteiger charge is -2.26. The van der Waals surface area contributed by atoms with E-state index >= 15 is 0 Å². The number of nitrogens with one attached hydrogen (secondary N) is 1. The zero-order valence-electron chi connectivity index (χ0n) is 15.4. The van der Waals surface area contributed by atoms with Gasteiger partial charge in [0.2, 0.25) is 5.75 Å². The van der Waals surface area contributed by atoms with Crippen molar-refractivity contribution in [1.29, 1.82) is 0 Å². The molecule has 2 heterocycles. The fourth-order valence-electron chi connectivity index (χ4n) is 2.73. The largest absolute Gasteiger partial charge is 0.493 e. The van der Waals surface area contributed by atoms with E-state index in [9.17, 15) is 14.4 Å². The summed E-state index contributed by atoms with van der Waals surface area (Å²) in [5.41, 5.74) is 0.472. The molecule has 0 radical (unpaired) electrons. The van der Waals surface area contributed by atoms with E-state index in [1.807, 2.05) is 0 Å². The van der Waals surface area contributed by atoms with Gasteiger partial charge in [-0.3, -0.25) is 19.9 Å². The zero-order valence-corrected chi connectivity index (χ0v) is 15.4. The Morgan fingerprint density at radius 3 is 2.25 bits per heavy atom. The number of carbonyl (C=O) groups excluding carboxylic acids is 3. The van der Waals surface area contributed by atoms with Gasteiger partial charge in [-0.2, -0.15) is 0 Å². The summed E-state index contributed by atoms with van der Waals surface area (Å²) < 4.78 is 15.8. The molecule has 144 valence electrons. The van der Waals surface area contributed by atoms with Crippen LogP contribution in [0.5, 0.6) is 17.2 Å². The monoisotopic (exact) mass is 383 g/mol. The molecule has 0 aliphatic carbocycles. The summed E-state index contributed by atoms with van der Waals surface area (Å²) in [6.07, 6.45) is 4.20. The zero-order chi connectivity index (χ0) is 20.3. The number of carbonyl (C=O) groups is 3. The van der Waals surface area contributed by atoms with Gasteiger partial charge in [-0.1, -0.05) is 0 Å². The molecule has 28 heavy (non-hydrogen) atoms. The third-order valence-corrected chi connectivity index (χ3v) is 4.00. The molecule has 9 nitrogen and oxygen atoms in total. The van der Waals surface area contributed by atoms with Gasteiger partial charge in [0.15, 0.2) is 11.5 Å². The number of rotatable bonds is 5. The highest BCUT2D eigenvalue weighted by Gasteiger charge is 2.37. The number of ether oxygens (including phenoxy) is 3. The summed E-state index contributed by atoms with van der Waals surface area (Å²) in [6.45, 7) is 0. The van der Waals surface area contributed by atoms with E-state index in [4.69, 9.17) is 14.2 Å². The topological polar surface area (TPSA) is 107 Å². The number of benzene rings is 1. The molecule has 0 bridgehead atoms. The van der Waals surface area contributed by atoms with Gasteiger partial charge in [-0.15, -0.1) is 0 Å². The molecule has 1 fully saturated rings. The molecule has 0 unspecified atom stereocenters. The third-order valence-electron chi connectivity index (χ3n) is 4.00. The van der Waals surface area contributed by atoms with Crippen molar-refractivity contribution in [2.45, 2.75) is 0 Å². The number of methoxy groups -OCH3 is 3.